The summed E-state index contributed by atoms with van der Waals surface area (Å²) in [6, 6.07) is 8.80. The van der Waals surface area contributed by atoms with E-state index in [0.717, 1.165) is 6.42 Å². The molecule has 0 aromatic heterocycles. The van der Waals surface area contributed by atoms with Crippen LogP contribution in [0.15, 0.2) is 24.3 Å². The van der Waals surface area contributed by atoms with Crippen molar-refractivity contribution in [1.82, 2.24) is 0 Å². The van der Waals surface area contributed by atoms with Gasteiger partial charge in [0.2, 0.25) is 0 Å². The van der Waals surface area contributed by atoms with Gasteiger partial charge in [0.25, 0.3) is 0 Å². The van der Waals surface area contributed by atoms with E-state index in [4.69, 9.17) is 5.11 Å². The highest BCUT2D eigenvalue weighted by Gasteiger charge is 2.05. The van der Waals surface area contributed by atoms with E-state index in [2.05, 4.69) is 24.3 Å². The van der Waals surface area contributed by atoms with Gasteiger partial charge in [-0.2, -0.15) is 0 Å². The second-order valence-electron chi connectivity index (χ2n) is 3.70. The minimum atomic E-state index is 0.319. The van der Waals surface area contributed by atoms with Crippen molar-refractivity contribution < 1.29 is 5.11 Å². The van der Waals surface area contributed by atoms with Gasteiger partial charge in [0, 0.05) is 6.61 Å². The molecule has 1 aliphatic carbocycles. The highest BCUT2D eigenvalue weighted by Crippen LogP contribution is 2.19. The molecule has 0 fully saturated rings. The number of aliphatic hydroxyl groups excluding tert-OH is 1. The SMILES string of the molecule is CCCO.c1ccc2c(c1)CCCC2. The summed E-state index contributed by atoms with van der Waals surface area (Å²) < 4.78 is 0. The fourth-order valence-corrected chi connectivity index (χ4v) is 1.68. The lowest BCUT2D eigenvalue weighted by molar-refractivity contribution is 0.295. The molecule has 78 valence electrons. The van der Waals surface area contributed by atoms with E-state index in [1.54, 1.807) is 11.1 Å². The van der Waals surface area contributed by atoms with Gasteiger partial charge < -0.3 is 5.11 Å². The van der Waals surface area contributed by atoms with E-state index < -0.39 is 0 Å². The van der Waals surface area contributed by atoms with Gasteiger partial charge in [-0.1, -0.05) is 31.2 Å². The van der Waals surface area contributed by atoms with Crippen LogP contribution in [-0.2, 0) is 12.8 Å². The second kappa shape index (κ2) is 6.61. The molecule has 0 saturated heterocycles. The van der Waals surface area contributed by atoms with Crippen LogP contribution in [0.25, 0.3) is 0 Å². The predicted molar refractivity (Wildman–Crippen MR) is 60.5 cm³/mol. The van der Waals surface area contributed by atoms with E-state index in [1.165, 1.54) is 25.7 Å². The molecule has 0 saturated carbocycles. The summed E-state index contributed by atoms with van der Waals surface area (Å²) in [7, 11) is 0. The molecule has 0 bridgehead atoms. The summed E-state index contributed by atoms with van der Waals surface area (Å²) in [6.07, 6.45) is 6.25. The Balaban J connectivity index is 0.000000213. The summed E-state index contributed by atoms with van der Waals surface area (Å²) in [4.78, 5) is 0. The number of aryl methyl sites for hydroxylation is 2. The molecular formula is C13H20O. The van der Waals surface area contributed by atoms with Crippen molar-refractivity contribution in [3.63, 3.8) is 0 Å². The van der Waals surface area contributed by atoms with Crippen LogP contribution in [0.2, 0.25) is 0 Å². The Hall–Kier alpha value is -0.820. The molecular weight excluding hydrogens is 172 g/mol. The molecule has 1 aromatic carbocycles. The van der Waals surface area contributed by atoms with Gasteiger partial charge >= 0.3 is 0 Å². The summed E-state index contributed by atoms with van der Waals surface area (Å²) in [5.74, 6) is 0. The first-order valence-corrected chi connectivity index (χ1v) is 5.56. The predicted octanol–water partition coefficient (Wildman–Crippen LogP) is 2.95. The number of rotatable bonds is 1. The molecule has 1 N–H and O–H groups in total. The highest BCUT2D eigenvalue weighted by atomic mass is 16.2. The molecule has 0 unspecified atom stereocenters. The summed E-state index contributed by atoms with van der Waals surface area (Å²) in [6.45, 7) is 2.25. The van der Waals surface area contributed by atoms with Gasteiger partial charge in [0.05, 0.1) is 0 Å². The fraction of sp³-hybridized carbons (Fsp3) is 0.538. The third-order valence-electron chi connectivity index (χ3n) is 2.48. The maximum Gasteiger partial charge on any atom is 0.0428 e. The first kappa shape index (κ1) is 11.3. The van der Waals surface area contributed by atoms with Gasteiger partial charge in [-0.15, -0.1) is 0 Å². The molecule has 0 aliphatic heterocycles. The monoisotopic (exact) mass is 192 g/mol. The van der Waals surface area contributed by atoms with E-state index in [1.807, 2.05) is 6.92 Å². The molecule has 0 radical (unpaired) electrons. The van der Waals surface area contributed by atoms with Crippen LogP contribution in [-0.4, -0.2) is 11.7 Å². The molecule has 1 aromatic rings. The van der Waals surface area contributed by atoms with Crippen molar-refractivity contribution in [1.29, 1.82) is 0 Å². The van der Waals surface area contributed by atoms with E-state index in [9.17, 15) is 0 Å². The molecule has 1 nitrogen and oxygen atoms in total. The van der Waals surface area contributed by atoms with Crippen molar-refractivity contribution >= 4 is 0 Å². The van der Waals surface area contributed by atoms with Crippen molar-refractivity contribution in [3.8, 4) is 0 Å². The molecule has 1 aliphatic rings. The Labute approximate surface area is 86.8 Å². The molecule has 0 amide bonds. The van der Waals surface area contributed by atoms with Crippen molar-refractivity contribution in [3.05, 3.63) is 35.4 Å². The van der Waals surface area contributed by atoms with E-state index >= 15 is 0 Å². The van der Waals surface area contributed by atoms with E-state index in [0.29, 0.717) is 6.61 Å². The second-order valence-corrected chi connectivity index (χ2v) is 3.70. The summed E-state index contributed by atoms with van der Waals surface area (Å²) >= 11 is 0. The van der Waals surface area contributed by atoms with Crippen LogP contribution in [0.4, 0.5) is 0 Å². The summed E-state index contributed by atoms with van der Waals surface area (Å²) in [5, 5.41) is 7.88. The minimum absolute atomic E-state index is 0.319. The lowest BCUT2D eigenvalue weighted by Crippen LogP contribution is -2.00. The average Bonchev–Trinajstić information content (AvgIpc) is 2.30. The van der Waals surface area contributed by atoms with Crippen molar-refractivity contribution in [2.45, 2.75) is 39.0 Å². The molecule has 1 heteroatoms. The number of benzene rings is 1. The van der Waals surface area contributed by atoms with Crippen LogP contribution >= 0.6 is 0 Å². The zero-order chi connectivity index (χ0) is 10.2. The average molecular weight is 192 g/mol. The quantitative estimate of drug-likeness (QED) is 0.725. The number of hydrogen-bond acceptors (Lipinski definition) is 1. The first-order valence-electron chi connectivity index (χ1n) is 5.56. The van der Waals surface area contributed by atoms with Crippen LogP contribution in [0, 0.1) is 0 Å². The zero-order valence-corrected chi connectivity index (χ0v) is 9.00. The Morgan fingerprint density at radius 3 is 1.86 bits per heavy atom. The van der Waals surface area contributed by atoms with Gasteiger partial charge in [0.15, 0.2) is 0 Å². The van der Waals surface area contributed by atoms with Gasteiger partial charge in [-0.05, 0) is 43.2 Å². The largest absolute Gasteiger partial charge is 0.396 e. The maximum absolute atomic E-state index is 7.88. The zero-order valence-electron chi connectivity index (χ0n) is 9.00. The smallest absolute Gasteiger partial charge is 0.0428 e. The van der Waals surface area contributed by atoms with Crippen LogP contribution in [0.3, 0.4) is 0 Å². The highest BCUT2D eigenvalue weighted by molar-refractivity contribution is 5.28. The van der Waals surface area contributed by atoms with Crippen molar-refractivity contribution in [2.75, 3.05) is 6.61 Å². The minimum Gasteiger partial charge on any atom is -0.396 e. The lowest BCUT2D eigenvalue weighted by Gasteiger charge is -2.13. The van der Waals surface area contributed by atoms with Crippen LogP contribution < -0.4 is 0 Å². The van der Waals surface area contributed by atoms with Gasteiger partial charge in [-0.3, -0.25) is 0 Å². The standard InChI is InChI=1S/C10H12.C3H8O/c1-2-6-10-8-4-3-7-9(10)5-1;1-2-3-4/h1-2,5-6H,3-4,7-8H2;4H,2-3H2,1H3. The summed E-state index contributed by atoms with van der Waals surface area (Å²) in [5.41, 5.74) is 3.16. The lowest BCUT2D eigenvalue weighted by atomic mass is 9.92. The third kappa shape index (κ3) is 3.51. The molecule has 0 atom stereocenters. The van der Waals surface area contributed by atoms with Crippen molar-refractivity contribution in [2.24, 2.45) is 0 Å². The molecule has 0 heterocycles. The van der Waals surface area contributed by atoms with Gasteiger partial charge in [0.1, 0.15) is 0 Å². The number of hydrogen-bond donors (Lipinski definition) is 1. The Bertz CT molecular complexity index is 228. The Kier molecular flexibility index (Phi) is 5.31. The van der Waals surface area contributed by atoms with E-state index in [-0.39, 0.29) is 0 Å². The molecule has 2 rings (SSSR count). The Morgan fingerprint density at radius 2 is 1.50 bits per heavy atom. The number of fused-ring (bicyclic) bond motifs is 1. The maximum atomic E-state index is 7.88. The normalized spacial score (nSPS) is 13.9. The fourth-order valence-electron chi connectivity index (χ4n) is 1.68. The van der Waals surface area contributed by atoms with Crippen LogP contribution in [0.5, 0.6) is 0 Å². The molecule has 14 heavy (non-hydrogen) atoms. The van der Waals surface area contributed by atoms with Crippen LogP contribution in [0.1, 0.15) is 37.3 Å². The first-order chi connectivity index (χ1) is 6.88. The Morgan fingerprint density at radius 1 is 1.07 bits per heavy atom. The van der Waals surface area contributed by atoms with Gasteiger partial charge in [-0.25, -0.2) is 0 Å². The third-order valence-corrected chi connectivity index (χ3v) is 2.48. The topological polar surface area (TPSA) is 20.2 Å². The molecule has 0 spiro atoms. The number of aliphatic hydroxyl groups is 1.